The molecule has 0 amide bonds. The maximum Gasteiger partial charge on any atom is 0.240 e. The molecule has 0 aliphatic carbocycles. The quantitative estimate of drug-likeness (QED) is 0.794. The van der Waals surface area contributed by atoms with Gasteiger partial charge in [0.25, 0.3) is 0 Å². The Morgan fingerprint density at radius 1 is 1.04 bits per heavy atom. The molecule has 2 aromatic carbocycles. The number of piperazine rings is 1. The lowest BCUT2D eigenvalue weighted by Crippen LogP contribution is -2.48. The molecule has 3 rings (SSSR count). The number of nitrogens with zero attached hydrogens (tertiary/aromatic N) is 2. The summed E-state index contributed by atoms with van der Waals surface area (Å²) >= 11 is 5.84. The van der Waals surface area contributed by atoms with Gasteiger partial charge in [-0.2, -0.15) is 0 Å². The van der Waals surface area contributed by atoms with Crippen molar-refractivity contribution in [2.45, 2.75) is 10.9 Å². The van der Waals surface area contributed by atoms with Crippen molar-refractivity contribution in [3.05, 3.63) is 64.9 Å². The van der Waals surface area contributed by atoms with E-state index in [2.05, 4.69) is 21.6 Å². The van der Waals surface area contributed by atoms with Crippen LogP contribution in [0.25, 0.3) is 0 Å². The zero-order valence-corrected chi connectivity index (χ0v) is 16.7. The summed E-state index contributed by atoms with van der Waals surface area (Å²) in [5.41, 5.74) is 0.889. The van der Waals surface area contributed by atoms with Gasteiger partial charge in [-0.05, 0) is 49.0 Å². The molecule has 1 aliphatic heterocycles. The highest BCUT2D eigenvalue weighted by molar-refractivity contribution is 7.89. The summed E-state index contributed by atoms with van der Waals surface area (Å²) in [6.07, 6.45) is 0. The van der Waals surface area contributed by atoms with Crippen molar-refractivity contribution in [3.63, 3.8) is 0 Å². The van der Waals surface area contributed by atoms with Gasteiger partial charge in [-0.1, -0.05) is 23.7 Å². The monoisotopic (exact) mass is 411 g/mol. The molecule has 8 heteroatoms. The third-order valence-electron chi connectivity index (χ3n) is 4.82. The van der Waals surface area contributed by atoms with E-state index in [4.69, 9.17) is 11.6 Å². The zero-order chi connectivity index (χ0) is 19.4. The highest BCUT2D eigenvalue weighted by Crippen LogP contribution is 2.23. The summed E-state index contributed by atoms with van der Waals surface area (Å²) in [5, 5.41) is 0.482. The standard InChI is InChI=1S/C19H23ClFN3O2S/c1-23-10-12-24(13-11-23)19(15-2-6-17(21)7-3-15)14-22-27(25,26)18-8-4-16(20)5-9-18/h2-9,19,22H,10-14H2,1H3/t19-/m1/s1. The van der Waals surface area contributed by atoms with Gasteiger partial charge in [-0.25, -0.2) is 17.5 Å². The first-order valence-electron chi connectivity index (χ1n) is 8.78. The van der Waals surface area contributed by atoms with E-state index in [1.165, 1.54) is 24.3 Å². The van der Waals surface area contributed by atoms with Crippen LogP contribution in [0.1, 0.15) is 11.6 Å². The Labute approximate surface area is 164 Å². The van der Waals surface area contributed by atoms with Gasteiger partial charge in [0.15, 0.2) is 0 Å². The number of hydrogen-bond donors (Lipinski definition) is 1. The van der Waals surface area contributed by atoms with Crippen molar-refractivity contribution in [1.82, 2.24) is 14.5 Å². The summed E-state index contributed by atoms with van der Waals surface area (Å²) in [5.74, 6) is -0.308. The minimum absolute atomic E-state index is 0.165. The van der Waals surface area contributed by atoms with Gasteiger partial charge in [0.2, 0.25) is 10.0 Å². The molecular formula is C19H23ClFN3O2S. The van der Waals surface area contributed by atoms with Crippen LogP contribution in [-0.2, 0) is 10.0 Å². The molecule has 0 aromatic heterocycles. The molecule has 1 N–H and O–H groups in total. The SMILES string of the molecule is CN1CCN([C@H](CNS(=O)(=O)c2ccc(Cl)cc2)c2ccc(F)cc2)CC1. The molecule has 1 atom stereocenters. The third kappa shape index (κ3) is 5.27. The van der Waals surface area contributed by atoms with Crippen LogP contribution >= 0.6 is 11.6 Å². The van der Waals surface area contributed by atoms with E-state index in [9.17, 15) is 12.8 Å². The van der Waals surface area contributed by atoms with Gasteiger partial charge in [-0.3, -0.25) is 4.90 Å². The van der Waals surface area contributed by atoms with Crippen molar-refractivity contribution in [2.24, 2.45) is 0 Å². The maximum atomic E-state index is 13.3. The number of likely N-dealkylation sites (N-methyl/N-ethyl adjacent to an activating group) is 1. The Bertz CT molecular complexity index is 852. The summed E-state index contributed by atoms with van der Waals surface area (Å²) in [4.78, 5) is 4.64. The van der Waals surface area contributed by atoms with Crippen LogP contribution in [0.2, 0.25) is 5.02 Å². The first-order chi connectivity index (χ1) is 12.8. The normalized spacial score (nSPS) is 17.7. The molecule has 0 saturated carbocycles. The maximum absolute atomic E-state index is 13.3. The first kappa shape index (κ1) is 20.2. The Morgan fingerprint density at radius 2 is 1.63 bits per heavy atom. The fourth-order valence-electron chi connectivity index (χ4n) is 3.16. The molecule has 1 heterocycles. The van der Waals surface area contributed by atoms with Crippen LogP contribution in [0.15, 0.2) is 53.4 Å². The number of rotatable bonds is 6. The molecule has 27 heavy (non-hydrogen) atoms. The predicted molar refractivity (Wildman–Crippen MR) is 105 cm³/mol. The average molecular weight is 412 g/mol. The van der Waals surface area contributed by atoms with Crippen molar-refractivity contribution in [3.8, 4) is 0 Å². The van der Waals surface area contributed by atoms with E-state index in [0.29, 0.717) is 5.02 Å². The van der Waals surface area contributed by atoms with Gasteiger partial charge >= 0.3 is 0 Å². The van der Waals surface area contributed by atoms with Gasteiger partial charge in [-0.15, -0.1) is 0 Å². The molecule has 2 aromatic rings. The van der Waals surface area contributed by atoms with E-state index in [0.717, 1.165) is 31.7 Å². The molecule has 0 unspecified atom stereocenters. The predicted octanol–water partition coefficient (Wildman–Crippen LogP) is 2.75. The van der Waals surface area contributed by atoms with Crippen LogP contribution in [0.4, 0.5) is 4.39 Å². The topological polar surface area (TPSA) is 52.6 Å². The zero-order valence-electron chi connectivity index (χ0n) is 15.1. The van der Waals surface area contributed by atoms with Crippen LogP contribution in [-0.4, -0.2) is 58.0 Å². The second-order valence-electron chi connectivity index (χ2n) is 6.71. The molecule has 146 valence electrons. The molecule has 1 aliphatic rings. The Balaban J connectivity index is 1.78. The average Bonchev–Trinajstić information content (AvgIpc) is 2.65. The third-order valence-corrected chi connectivity index (χ3v) is 6.52. The fraction of sp³-hybridized carbons (Fsp3) is 0.368. The van der Waals surface area contributed by atoms with Gasteiger partial charge in [0.05, 0.1) is 4.90 Å². The van der Waals surface area contributed by atoms with Crippen LogP contribution < -0.4 is 4.72 Å². The second kappa shape index (κ2) is 8.67. The van der Waals surface area contributed by atoms with Crippen molar-refractivity contribution < 1.29 is 12.8 Å². The number of hydrogen-bond acceptors (Lipinski definition) is 4. The molecule has 0 bridgehead atoms. The first-order valence-corrected chi connectivity index (χ1v) is 10.6. The second-order valence-corrected chi connectivity index (χ2v) is 8.92. The van der Waals surface area contributed by atoms with E-state index in [-0.39, 0.29) is 23.3 Å². The molecular weight excluding hydrogens is 389 g/mol. The number of halogens is 2. The highest BCUT2D eigenvalue weighted by Gasteiger charge is 2.26. The van der Waals surface area contributed by atoms with Crippen molar-refractivity contribution in [1.29, 1.82) is 0 Å². The van der Waals surface area contributed by atoms with Crippen molar-refractivity contribution in [2.75, 3.05) is 39.8 Å². The molecule has 5 nitrogen and oxygen atoms in total. The van der Waals surface area contributed by atoms with Crippen LogP contribution in [0, 0.1) is 5.82 Å². The summed E-state index contributed by atoms with van der Waals surface area (Å²) < 4.78 is 41.3. The number of sulfonamides is 1. The minimum Gasteiger partial charge on any atom is -0.304 e. The summed E-state index contributed by atoms with van der Waals surface area (Å²) in [7, 11) is -1.59. The fourth-order valence-corrected chi connectivity index (χ4v) is 4.33. The van der Waals surface area contributed by atoms with E-state index in [1.807, 2.05) is 0 Å². The smallest absolute Gasteiger partial charge is 0.240 e. The molecule has 1 fully saturated rings. The largest absolute Gasteiger partial charge is 0.304 e. The van der Waals surface area contributed by atoms with E-state index >= 15 is 0 Å². The highest BCUT2D eigenvalue weighted by atomic mass is 35.5. The van der Waals surface area contributed by atoms with Gasteiger partial charge in [0.1, 0.15) is 5.82 Å². The van der Waals surface area contributed by atoms with E-state index in [1.54, 1.807) is 24.3 Å². The Morgan fingerprint density at radius 3 is 2.22 bits per heavy atom. The van der Waals surface area contributed by atoms with E-state index < -0.39 is 10.0 Å². The lowest BCUT2D eigenvalue weighted by Gasteiger charge is -2.38. The lowest BCUT2D eigenvalue weighted by atomic mass is 10.0. The number of benzene rings is 2. The summed E-state index contributed by atoms with van der Waals surface area (Å²) in [6.45, 7) is 3.66. The van der Waals surface area contributed by atoms with Gasteiger partial charge in [0, 0.05) is 43.8 Å². The molecule has 0 radical (unpaired) electrons. The molecule has 1 saturated heterocycles. The Hall–Kier alpha value is -1.51. The lowest BCUT2D eigenvalue weighted by molar-refractivity contribution is 0.113. The number of nitrogens with one attached hydrogen (secondary N) is 1. The minimum atomic E-state index is -3.66. The van der Waals surface area contributed by atoms with Crippen LogP contribution in [0.5, 0.6) is 0 Å². The van der Waals surface area contributed by atoms with Crippen molar-refractivity contribution >= 4 is 21.6 Å². The summed E-state index contributed by atoms with van der Waals surface area (Å²) in [6, 6.07) is 12.1. The Kier molecular flexibility index (Phi) is 6.49. The van der Waals surface area contributed by atoms with Gasteiger partial charge < -0.3 is 4.90 Å². The van der Waals surface area contributed by atoms with Crippen LogP contribution in [0.3, 0.4) is 0 Å². The molecule has 0 spiro atoms.